The first kappa shape index (κ1) is 49.8. The molecule has 4 aliphatic heterocycles. The first-order valence-corrected chi connectivity index (χ1v) is 28.8. The molecule has 77 heavy (non-hydrogen) atoms. The average molecular weight is 1010 g/mol. The van der Waals surface area contributed by atoms with Gasteiger partial charge in [-0.2, -0.15) is 0 Å². The lowest BCUT2D eigenvalue weighted by molar-refractivity contribution is 0.195. The van der Waals surface area contributed by atoms with E-state index in [1.54, 1.807) is 0 Å². The largest absolute Gasteiger partial charge is 0.334 e. The zero-order chi connectivity index (χ0) is 54.0. The van der Waals surface area contributed by atoms with E-state index in [1.165, 1.54) is 131 Å². The van der Waals surface area contributed by atoms with E-state index in [4.69, 9.17) is 0 Å². The van der Waals surface area contributed by atoms with Gasteiger partial charge >= 0.3 is 0 Å². The molecule has 0 bridgehead atoms. The average Bonchev–Trinajstić information content (AvgIpc) is 3.38. The minimum atomic E-state index is -0.618. The third-order valence-corrected chi connectivity index (χ3v) is 19.5. The van der Waals surface area contributed by atoms with Gasteiger partial charge in [0.2, 0.25) is 0 Å². The van der Waals surface area contributed by atoms with Gasteiger partial charge in [0.05, 0.1) is 11.0 Å². The second kappa shape index (κ2) is 16.6. The third-order valence-electron chi connectivity index (χ3n) is 19.5. The molecule has 1 aliphatic carbocycles. The molecule has 8 aromatic carbocycles. The van der Waals surface area contributed by atoms with Crippen LogP contribution in [-0.2, 0) is 32.5 Å². The molecule has 13 rings (SSSR count). The predicted octanol–water partition coefficient (Wildman–Crippen LogP) is 17.4. The zero-order valence-electron chi connectivity index (χ0n) is 48.4. The molecule has 3 nitrogen and oxygen atoms in total. The van der Waals surface area contributed by atoms with Crippen LogP contribution in [0, 0.1) is 0 Å². The molecule has 0 spiro atoms. The van der Waals surface area contributed by atoms with E-state index in [9.17, 15) is 0 Å². The van der Waals surface area contributed by atoms with Gasteiger partial charge in [0, 0.05) is 50.9 Å². The van der Waals surface area contributed by atoms with E-state index < -0.39 is 5.41 Å². The summed E-state index contributed by atoms with van der Waals surface area (Å²) in [5.41, 5.74) is 25.5. The van der Waals surface area contributed by atoms with Crippen molar-refractivity contribution in [1.29, 1.82) is 0 Å². The maximum absolute atomic E-state index is 2.84. The summed E-state index contributed by atoms with van der Waals surface area (Å²) in [6, 6.07) is 67.3. The highest BCUT2D eigenvalue weighted by Crippen LogP contribution is 2.63. The van der Waals surface area contributed by atoms with Crippen LogP contribution >= 0.6 is 0 Å². The highest BCUT2D eigenvalue weighted by atomic mass is 15.3. The molecule has 4 heteroatoms. The Morgan fingerprint density at radius 2 is 0.844 bits per heavy atom. The lowest BCUT2D eigenvalue weighted by atomic mass is 9.28. The molecular weight excluding hydrogens is 930 g/mol. The van der Waals surface area contributed by atoms with Crippen LogP contribution in [0.15, 0.2) is 170 Å². The Morgan fingerprint density at radius 1 is 0.364 bits per heavy atom. The summed E-state index contributed by atoms with van der Waals surface area (Å²) in [6.45, 7) is 33.6. The zero-order valence-corrected chi connectivity index (χ0v) is 48.4. The van der Waals surface area contributed by atoms with E-state index in [-0.39, 0.29) is 39.3 Å². The highest BCUT2D eigenvalue weighted by molar-refractivity contribution is 7.01. The van der Waals surface area contributed by atoms with Crippen molar-refractivity contribution >= 4 is 68.6 Å². The van der Waals surface area contributed by atoms with Crippen LogP contribution in [0.5, 0.6) is 0 Å². The molecule has 0 amide bonds. The molecule has 0 N–H and O–H groups in total. The molecule has 2 atom stereocenters. The number of fused-ring (bicyclic) bond motifs is 3. The molecule has 2 unspecified atom stereocenters. The van der Waals surface area contributed by atoms with Crippen molar-refractivity contribution in [1.82, 2.24) is 0 Å². The molecule has 5 aliphatic rings. The van der Waals surface area contributed by atoms with Crippen molar-refractivity contribution in [3.8, 4) is 0 Å². The van der Waals surface area contributed by atoms with Crippen LogP contribution in [0.2, 0.25) is 0 Å². The van der Waals surface area contributed by atoms with E-state index in [1.807, 2.05) is 0 Å². The van der Waals surface area contributed by atoms with E-state index in [2.05, 4.69) is 281 Å². The Balaban J connectivity index is 1.21. The van der Waals surface area contributed by atoms with Crippen LogP contribution in [0.1, 0.15) is 173 Å². The third kappa shape index (κ3) is 7.08. The second-order valence-corrected chi connectivity index (χ2v) is 28.2. The quantitative estimate of drug-likeness (QED) is 0.159. The molecule has 8 aromatic rings. The molecule has 0 radical (unpaired) electrons. The maximum Gasteiger partial charge on any atom is 0.253 e. The van der Waals surface area contributed by atoms with Crippen molar-refractivity contribution < 1.29 is 0 Å². The fourth-order valence-electron chi connectivity index (χ4n) is 15.0. The lowest BCUT2D eigenvalue weighted by Gasteiger charge is -2.53. The first-order valence-electron chi connectivity index (χ1n) is 28.8. The monoisotopic (exact) mass is 1010 g/mol. The molecule has 1 saturated carbocycles. The van der Waals surface area contributed by atoms with Gasteiger partial charge in [-0.15, -0.1) is 0 Å². The van der Waals surface area contributed by atoms with Crippen molar-refractivity contribution in [2.24, 2.45) is 0 Å². The summed E-state index contributed by atoms with van der Waals surface area (Å²) in [7, 11) is 0. The molecule has 4 heterocycles. The Kier molecular flexibility index (Phi) is 10.7. The molecule has 0 aromatic heterocycles. The van der Waals surface area contributed by atoms with Gasteiger partial charge in [-0.1, -0.05) is 218 Å². The van der Waals surface area contributed by atoms with Crippen LogP contribution in [0.3, 0.4) is 0 Å². The Bertz CT molecular complexity index is 3600. The summed E-state index contributed by atoms with van der Waals surface area (Å²) in [5.74, 6) is 0. The smallest absolute Gasteiger partial charge is 0.253 e. The predicted molar refractivity (Wildman–Crippen MR) is 330 cm³/mol. The summed E-state index contributed by atoms with van der Waals surface area (Å²) < 4.78 is 0. The number of anilines is 8. The summed E-state index contributed by atoms with van der Waals surface area (Å²) >= 11 is 0. The first-order chi connectivity index (χ1) is 36.5. The van der Waals surface area contributed by atoms with Gasteiger partial charge in [0.1, 0.15) is 0 Å². The molecule has 388 valence electrons. The van der Waals surface area contributed by atoms with Gasteiger partial charge in [-0.3, -0.25) is 0 Å². The van der Waals surface area contributed by atoms with Crippen molar-refractivity contribution in [2.45, 2.75) is 161 Å². The highest BCUT2D eigenvalue weighted by Gasteiger charge is 2.59. The van der Waals surface area contributed by atoms with Gasteiger partial charge < -0.3 is 14.7 Å². The van der Waals surface area contributed by atoms with Crippen molar-refractivity contribution in [3.63, 3.8) is 0 Å². The minimum absolute atomic E-state index is 0.00763. The molecule has 1 fully saturated rings. The fourth-order valence-corrected chi connectivity index (χ4v) is 15.0. The Labute approximate surface area is 461 Å². The van der Waals surface area contributed by atoms with Crippen LogP contribution in [0.4, 0.5) is 45.5 Å². The van der Waals surface area contributed by atoms with Gasteiger partial charge in [-0.25, -0.2) is 0 Å². The number of hydrogen-bond acceptors (Lipinski definition) is 3. The van der Waals surface area contributed by atoms with Gasteiger partial charge in [0.15, 0.2) is 0 Å². The number of nitrogens with zero attached hydrogens (tertiary/aromatic N) is 3. The van der Waals surface area contributed by atoms with Gasteiger partial charge in [0.25, 0.3) is 6.71 Å². The van der Waals surface area contributed by atoms with Crippen molar-refractivity contribution in [2.75, 3.05) is 14.7 Å². The fraction of sp³-hybridized carbons (Fsp3) is 0.342. The SMILES string of the molecule is CC(C)(C)c1ccc(N2c3cc(N4c5ccc(C(C)(C)C)cc5C5(C)CCCCC45C)cc4c3B3c5c2cccc5C(c2ccccc2)(c2ccccc2)c2cccc(c23)N4c2cc(C(C)(C)C)cc(C(C)(C)C)c2)cc1. The van der Waals surface area contributed by atoms with E-state index in [0.29, 0.717) is 0 Å². The topological polar surface area (TPSA) is 9.72 Å². The van der Waals surface area contributed by atoms with E-state index >= 15 is 0 Å². The second-order valence-electron chi connectivity index (χ2n) is 28.2. The normalized spacial score (nSPS) is 20.0. The number of hydrogen-bond donors (Lipinski definition) is 0. The lowest BCUT2D eigenvalue weighted by Crippen LogP contribution is -2.68. The summed E-state index contributed by atoms with van der Waals surface area (Å²) in [6.07, 6.45) is 4.76. The van der Waals surface area contributed by atoms with E-state index in [0.717, 1.165) is 6.42 Å². The van der Waals surface area contributed by atoms with Gasteiger partial charge in [-0.05, 0) is 162 Å². The summed E-state index contributed by atoms with van der Waals surface area (Å²) in [5, 5.41) is 0. The van der Waals surface area contributed by atoms with Crippen LogP contribution in [0.25, 0.3) is 0 Å². The van der Waals surface area contributed by atoms with Crippen molar-refractivity contribution in [3.05, 3.63) is 220 Å². The standard InChI is InChI=1S/C73H78BN3/c1-67(2,3)47-33-36-53(37-34-47)75-60-31-23-29-56-64(60)74-65-57(73(56,48-25-17-15-18-26-48)49-27-19-16-20-28-49)30-24-32-61(65)76(54-42-51(69(7,8)9)41-52(43-54)70(10,11)12)63-46-55(45-62(75)66(63)74)77-59-38-35-50(68(4,5)6)44-58(59)71(13)39-21-22-40-72(71,77)14/h15-20,23-38,41-46H,21-22,39-40H2,1-14H3. The summed E-state index contributed by atoms with van der Waals surface area (Å²) in [4.78, 5) is 8.24. The van der Waals surface area contributed by atoms with Crippen LogP contribution < -0.4 is 31.1 Å². The molecule has 0 saturated heterocycles. The molecular formula is C73H78BN3. The number of benzene rings is 8. The minimum Gasteiger partial charge on any atom is -0.334 e. The van der Waals surface area contributed by atoms with Crippen LogP contribution in [-0.4, -0.2) is 12.3 Å². The Morgan fingerprint density at radius 3 is 1.35 bits per heavy atom. The number of rotatable bonds is 5. The Hall–Kier alpha value is -6.78. The maximum atomic E-state index is 2.84.